The largest absolute Gasteiger partial charge is 0.339 e. The molecule has 4 nitrogen and oxygen atoms in total. The maximum absolute atomic E-state index is 13.0. The fourth-order valence-corrected chi connectivity index (χ4v) is 2.70. The molecule has 1 saturated heterocycles. The number of hydrogen-bond acceptors (Lipinski definition) is 4. The van der Waals surface area contributed by atoms with Crippen LogP contribution < -0.4 is 5.32 Å². The molecule has 6 heteroatoms. The second-order valence-electron chi connectivity index (χ2n) is 5.03. The second kappa shape index (κ2) is 5.89. The normalized spacial score (nSPS) is 16.5. The molecule has 2 heterocycles. The maximum atomic E-state index is 13.0. The van der Waals surface area contributed by atoms with Crippen molar-refractivity contribution in [3.05, 3.63) is 34.9 Å². The number of nitrogens with one attached hydrogen (secondary N) is 1. The highest BCUT2D eigenvalue weighted by atomic mass is 35.5. The predicted molar refractivity (Wildman–Crippen MR) is 74.0 cm³/mol. The monoisotopic (exact) mass is 295 g/mol. The van der Waals surface area contributed by atoms with E-state index in [1.165, 1.54) is 12.1 Å². The van der Waals surface area contributed by atoms with E-state index >= 15 is 0 Å². The van der Waals surface area contributed by atoms with Crippen LogP contribution in [0.15, 0.2) is 22.7 Å². The molecule has 0 amide bonds. The van der Waals surface area contributed by atoms with Crippen LogP contribution in [0.4, 0.5) is 4.39 Å². The highest BCUT2D eigenvalue weighted by Crippen LogP contribution is 2.27. The Morgan fingerprint density at radius 1 is 1.35 bits per heavy atom. The Kier molecular flexibility index (Phi) is 3.98. The summed E-state index contributed by atoms with van der Waals surface area (Å²) in [6, 6.07) is 4.15. The van der Waals surface area contributed by atoms with Crippen LogP contribution in [0.5, 0.6) is 0 Å². The van der Waals surface area contributed by atoms with Crippen molar-refractivity contribution in [1.82, 2.24) is 15.5 Å². The number of halogens is 2. The van der Waals surface area contributed by atoms with E-state index in [4.69, 9.17) is 16.1 Å². The Balaban J connectivity index is 1.75. The molecule has 0 unspecified atom stereocenters. The third-order valence-corrected chi connectivity index (χ3v) is 3.87. The molecule has 20 heavy (non-hydrogen) atoms. The summed E-state index contributed by atoms with van der Waals surface area (Å²) in [5.41, 5.74) is 0.591. The average Bonchev–Trinajstić information content (AvgIpc) is 2.88. The smallest absolute Gasteiger partial charge is 0.227 e. The molecule has 3 rings (SSSR count). The van der Waals surface area contributed by atoms with Gasteiger partial charge in [0.15, 0.2) is 0 Å². The van der Waals surface area contributed by atoms with Gasteiger partial charge in [0.25, 0.3) is 0 Å². The molecule has 0 spiro atoms. The van der Waals surface area contributed by atoms with E-state index in [9.17, 15) is 4.39 Å². The van der Waals surface area contributed by atoms with Gasteiger partial charge in [-0.1, -0.05) is 16.8 Å². The second-order valence-corrected chi connectivity index (χ2v) is 5.44. The first kappa shape index (κ1) is 13.5. The summed E-state index contributed by atoms with van der Waals surface area (Å²) in [5.74, 6) is 1.23. The first-order valence-electron chi connectivity index (χ1n) is 6.71. The van der Waals surface area contributed by atoms with Crippen LogP contribution in [0.25, 0.3) is 11.4 Å². The van der Waals surface area contributed by atoms with Gasteiger partial charge in [0.05, 0.1) is 5.02 Å². The summed E-state index contributed by atoms with van der Waals surface area (Å²) < 4.78 is 18.3. The summed E-state index contributed by atoms with van der Waals surface area (Å²) in [4.78, 5) is 4.36. The third kappa shape index (κ3) is 2.99. The minimum Gasteiger partial charge on any atom is -0.339 e. The summed E-state index contributed by atoms with van der Waals surface area (Å²) >= 11 is 6.00. The van der Waals surface area contributed by atoms with Gasteiger partial charge in [-0.3, -0.25) is 0 Å². The van der Waals surface area contributed by atoms with Crippen LogP contribution in [0, 0.1) is 11.7 Å². The number of aromatic nitrogens is 2. The molecule has 0 saturated carbocycles. The van der Waals surface area contributed by atoms with E-state index in [0.717, 1.165) is 32.4 Å². The van der Waals surface area contributed by atoms with Crippen molar-refractivity contribution in [2.24, 2.45) is 5.92 Å². The molecule has 106 valence electrons. The molecule has 1 aromatic carbocycles. The van der Waals surface area contributed by atoms with Crippen LogP contribution >= 0.6 is 11.6 Å². The zero-order valence-electron chi connectivity index (χ0n) is 10.9. The standard InChI is InChI=1S/C14H15ClFN3O/c15-12-8-10(16)1-2-11(12)14-18-13(20-19-14)7-9-3-5-17-6-4-9/h1-2,8-9,17H,3-7H2. The number of rotatable bonds is 3. The number of hydrogen-bond donors (Lipinski definition) is 1. The van der Waals surface area contributed by atoms with Gasteiger partial charge in [0.2, 0.25) is 11.7 Å². The van der Waals surface area contributed by atoms with E-state index in [1.807, 2.05) is 0 Å². The molecule has 1 aliphatic heterocycles. The molecule has 1 aromatic heterocycles. The van der Waals surface area contributed by atoms with Crippen LogP contribution in [0.2, 0.25) is 5.02 Å². The first-order valence-corrected chi connectivity index (χ1v) is 7.09. The zero-order chi connectivity index (χ0) is 13.9. The Bertz CT molecular complexity index is 596. The Morgan fingerprint density at radius 2 is 2.15 bits per heavy atom. The van der Waals surface area contributed by atoms with Gasteiger partial charge >= 0.3 is 0 Å². The van der Waals surface area contributed by atoms with Crippen molar-refractivity contribution in [3.8, 4) is 11.4 Å². The Morgan fingerprint density at radius 3 is 2.90 bits per heavy atom. The van der Waals surface area contributed by atoms with Gasteiger partial charge < -0.3 is 9.84 Å². The summed E-state index contributed by atoms with van der Waals surface area (Å²) in [6.07, 6.45) is 3.03. The minimum absolute atomic E-state index is 0.291. The Labute approximate surface area is 121 Å². The molecule has 1 aliphatic rings. The van der Waals surface area contributed by atoms with Crippen molar-refractivity contribution in [2.75, 3.05) is 13.1 Å². The summed E-state index contributed by atoms with van der Waals surface area (Å²) in [6.45, 7) is 2.07. The molecular weight excluding hydrogens is 281 g/mol. The highest BCUT2D eigenvalue weighted by molar-refractivity contribution is 6.33. The van der Waals surface area contributed by atoms with E-state index in [2.05, 4.69) is 15.5 Å². The molecule has 2 aromatic rings. The lowest BCUT2D eigenvalue weighted by Gasteiger charge is -2.20. The average molecular weight is 296 g/mol. The molecule has 1 N–H and O–H groups in total. The van der Waals surface area contributed by atoms with Crippen molar-refractivity contribution >= 4 is 11.6 Å². The van der Waals surface area contributed by atoms with Crippen molar-refractivity contribution in [2.45, 2.75) is 19.3 Å². The van der Waals surface area contributed by atoms with Gasteiger partial charge in [0, 0.05) is 12.0 Å². The van der Waals surface area contributed by atoms with E-state index in [-0.39, 0.29) is 5.82 Å². The topological polar surface area (TPSA) is 51.0 Å². The molecule has 0 radical (unpaired) electrons. The highest BCUT2D eigenvalue weighted by Gasteiger charge is 2.18. The Hall–Kier alpha value is -1.46. The van der Waals surface area contributed by atoms with Crippen LogP contribution in [-0.2, 0) is 6.42 Å². The molecule has 1 fully saturated rings. The lowest BCUT2D eigenvalue weighted by molar-refractivity contribution is 0.313. The molecule has 0 atom stereocenters. The fourth-order valence-electron chi connectivity index (χ4n) is 2.45. The van der Waals surface area contributed by atoms with Crippen molar-refractivity contribution in [3.63, 3.8) is 0 Å². The third-order valence-electron chi connectivity index (χ3n) is 3.56. The molecule has 0 aliphatic carbocycles. The van der Waals surface area contributed by atoms with E-state index in [1.54, 1.807) is 6.07 Å². The quantitative estimate of drug-likeness (QED) is 0.945. The molecular formula is C14H15ClFN3O. The zero-order valence-corrected chi connectivity index (χ0v) is 11.7. The van der Waals surface area contributed by atoms with Gasteiger partial charge in [-0.2, -0.15) is 4.98 Å². The maximum Gasteiger partial charge on any atom is 0.227 e. The minimum atomic E-state index is -0.378. The fraction of sp³-hybridized carbons (Fsp3) is 0.429. The van der Waals surface area contributed by atoms with Gasteiger partial charge in [-0.15, -0.1) is 0 Å². The van der Waals surface area contributed by atoms with E-state index in [0.29, 0.717) is 28.2 Å². The number of benzene rings is 1. The van der Waals surface area contributed by atoms with E-state index < -0.39 is 0 Å². The van der Waals surface area contributed by atoms with Gasteiger partial charge in [0.1, 0.15) is 5.82 Å². The van der Waals surface area contributed by atoms with Crippen LogP contribution in [0.1, 0.15) is 18.7 Å². The SMILES string of the molecule is Fc1ccc(-c2noc(CC3CCNCC3)n2)c(Cl)c1. The van der Waals surface area contributed by atoms with Crippen molar-refractivity contribution in [1.29, 1.82) is 0 Å². The lowest BCUT2D eigenvalue weighted by Crippen LogP contribution is -2.28. The number of nitrogens with zero attached hydrogens (tertiary/aromatic N) is 2. The first-order chi connectivity index (χ1) is 9.72. The lowest BCUT2D eigenvalue weighted by atomic mass is 9.95. The molecule has 0 bridgehead atoms. The predicted octanol–water partition coefficient (Wildman–Crippen LogP) is 3.07. The van der Waals surface area contributed by atoms with Gasteiger partial charge in [-0.25, -0.2) is 4.39 Å². The van der Waals surface area contributed by atoms with Gasteiger partial charge in [-0.05, 0) is 50.0 Å². The van der Waals surface area contributed by atoms with Crippen LogP contribution in [0.3, 0.4) is 0 Å². The number of piperidine rings is 1. The van der Waals surface area contributed by atoms with Crippen molar-refractivity contribution < 1.29 is 8.91 Å². The van der Waals surface area contributed by atoms with Crippen LogP contribution in [-0.4, -0.2) is 23.2 Å². The summed E-state index contributed by atoms with van der Waals surface area (Å²) in [7, 11) is 0. The summed E-state index contributed by atoms with van der Waals surface area (Å²) in [5, 5.41) is 7.55.